The monoisotopic (exact) mass is 442 g/mol. The van der Waals surface area contributed by atoms with Gasteiger partial charge in [0.25, 0.3) is 0 Å². The first kappa shape index (κ1) is 18.8. The number of benzene rings is 2. The van der Waals surface area contributed by atoms with Gasteiger partial charge in [-0.15, -0.1) is 22.7 Å². The zero-order valence-electron chi connectivity index (χ0n) is 16.8. The summed E-state index contributed by atoms with van der Waals surface area (Å²) >= 11 is 3.38. The maximum atomic E-state index is 4.63. The lowest BCUT2D eigenvalue weighted by Gasteiger charge is -1.96. The number of nitrogens with zero attached hydrogens (tertiary/aromatic N) is 2. The molecule has 0 saturated heterocycles. The Kier molecular flexibility index (Phi) is 4.66. The van der Waals surface area contributed by atoms with Crippen LogP contribution in [0.25, 0.3) is 31.2 Å². The van der Waals surface area contributed by atoms with E-state index in [0.717, 1.165) is 42.9 Å². The molecule has 0 radical (unpaired) electrons. The first-order valence-corrected chi connectivity index (χ1v) is 11.7. The SMILES string of the molecule is C(#Cc1cc2sc(C#Cc3ccc4ccccc4n3)cc2s1)c1ccc2ccccc2n1. The number of hydrogen-bond acceptors (Lipinski definition) is 4. The summed E-state index contributed by atoms with van der Waals surface area (Å²) in [6.07, 6.45) is 0. The fourth-order valence-electron chi connectivity index (χ4n) is 3.48. The predicted molar refractivity (Wildman–Crippen MR) is 135 cm³/mol. The van der Waals surface area contributed by atoms with Gasteiger partial charge in [0.1, 0.15) is 11.4 Å². The zero-order valence-corrected chi connectivity index (χ0v) is 18.4. The van der Waals surface area contributed by atoms with Crippen LogP contribution in [0.15, 0.2) is 84.9 Å². The van der Waals surface area contributed by atoms with E-state index in [1.807, 2.05) is 48.5 Å². The molecule has 6 rings (SSSR count). The van der Waals surface area contributed by atoms with Crippen molar-refractivity contribution in [3.8, 4) is 23.7 Å². The summed E-state index contributed by atoms with van der Waals surface area (Å²) in [5.41, 5.74) is 3.51. The Labute approximate surface area is 193 Å². The number of fused-ring (bicyclic) bond motifs is 3. The second-order valence-corrected chi connectivity index (χ2v) is 9.40. The highest BCUT2D eigenvalue weighted by Crippen LogP contribution is 2.32. The van der Waals surface area contributed by atoms with Crippen LogP contribution < -0.4 is 0 Å². The van der Waals surface area contributed by atoms with Crippen molar-refractivity contribution in [3.05, 3.63) is 106 Å². The first-order chi connectivity index (χ1) is 15.8. The summed E-state index contributed by atoms with van der Waals surface area (Å²) in [5.74, 6) is 12.9. The van der Waals surface area contributed by atoms with Crippen molar-refractivity contribution < 1.29 is 0 Å². The lowest BCUT2D eigenvalue weighted by atomic mass is 10.2. The van der Waals surface area contributed by atoms with E-state index in [1.165, 1.54) is 9.40 Å². The molecular weight excluding hydrogens is 428 g/mol. The van der Waals surface area contributed by atoms with Crippen LogP contribution in [0.2, 0.25) is 0 Å². The minimum Gasteiger partial charge on any atom is -0.239 e. The third-order valence-corrected chi connectivity index (χ3v) is 7.16. The minimum atomic E-state index is 0.787. The van der Waals surface area contributed by atoms with Crippen LogP contribution in [0.4, 0.5) is 0 Å². The van der Waals surface area contributed by atoms with Crippen molar-refractivity contribution in [2.75, 3.05) is 0 Å². The second kappa shape index (κ2) is 7.94. The molecule has 148 valence electrons. The maximum absolute atomic E-state index is 4.63. The van der Waals surface area contributed by atoms with Gasteiger partial charge in [0, 0.05) is 20.2 Å². The van der Waals surface area contributed by atoms with Crippen molar-refractivity contribution in [1.82, 2.24) is 9.97 Å². The molecule has 0 atom stereocenters. The summed E-state index contributed by atoms with van der Waals surface area (Å²) in [7, 11) is 0. The average molecular weight is 443 g/mol. The van der Waals surface area contributed by atoms with Gasteiger partial charge in [0.15, 0.2) is 0 Å². The summed E-state index contributed by atoms with van der Waals surface area (Å²) in [5, 5.41) is 2.25. The van der Waals surface area contributed by atoms with Crippen LogP contribution in [0, 0.1) is 23.7 Å². The topological polar surface area (TPSA) is 25.8 Å². The van der Waals surface area contributed by atoms with Gasteiger partial charge in [-0.2, -0.15) is 0 Å². The van der Waals surface area contributed by atoms with Gasteiger partial charge < -0.3 is 0 Å². The molecule has 0 N–H and O–H groups in total. The van der Waals surface area contributed by atoms with Crippen LogP contribution in [0.1, 0.15) is 21.1 Å². The third-order valence-electron chi connectivity index (χ3n) is 5.03. The molecular formula is C28H14N2S2. The lowest BCUT2D eigenvalue weighted by molar-refractivity contribution is 1.36. The minimum absolute atomic E-state index is 0.787. The number of pyridine rings is 2. The molecule has 2 nitrogen and oxygen atoms in total. The van der Waals surface area contributed by atoms with Gasteiger partial charge in [-0.25, -0.2) is 9.97 Å². The summed E-state index contributed by atoms with van der Waals surface area (Å²) in [6, 6.07) is 28.5. The van der Waals surface area contributed by atoms with Gasteiger partial charge in [0.2, 0.25) is 0 Å². The molecule has 0 aliphatic heterocycles. The summed E-state index contributed by atoms with van der Waals surface area (Å²) in [6.45, 7) is 0. The Morgan fingerprint density at radius 3 is 1.47 bits per heavy atom. The van der Waals surface area contributed by atoms with E-state index in [4.69, 9.17) is 0 Å². The maximum Gasteiger partial charge on any atom is 0.114 e. The van der Waals surface area contributed by atoms with Crippen LogP contribution in [0.3, 0.4) is 0 Å². The number of aromatic nitrogens is 2. The average Bonchev–Trinajstić information content (AvgIpc) is 3.39. The highest BCUT2D eigenvalue weighted by molar-refractivity contribution is 7.28. The number of hydrogen-bond donors (Lipinski definition) is 0. The molecule has 32 heavy (non-hydrogen) atoms. The van der Waals surface area contributed by atoms with Gasteiger partial charge in [-0.1, -0.05) is 48.5 Å². The molecule has 4 aromatic heterocycles. The predicted octanol–water partition coefficient (Wildman–Crippen LogP) is 6.86. The highest BCUT2D eigenvalue weighted by atomic mass is 32.1. The Morgan fingerprint density at radius 1 is 0.500 bits per heavy atom. The van der Waals surface area contributed by atoms with Gasteiger partial charge in [-0.3, -0.25) is 0 Å². The first-order valence-electron chi connectivity index (χ1n) is 10.1. The zero-order chi connectivity index (χ0) is 21.3. The fourth-order valence-corrected chi connectivity index (χ4v) is 5.58. The van der Waals surface area contributed by atoms with Gasteiger partial charge in [-0.05, 0) is 60.1 Å². The number of para-hydroxylation sites is 2. The molecule has 0 aliphatic rings. The van der Waals surface area contributed by atoms with E-state index >= 15 is 0 Å². The van der Waals surface area contributed by atoms with E-state index in [1.54, 1.807) is 22.7 Å². The van der Waals surface area contributed by atoms with E-state index in [9.17, 15) is 0 Å². The normalized spacial score (nSPS) is 10.6. The quantitative estimate of drug-likeness (QED) is 0.240. The molecule has 4 heterocycles. The molecule has 0 aliphatic carbocycles. The molecule has 6 aromatic rings. The van der Waals surface area contributed by atoms with Crippen molar-refractivity contribution in [2.45, 2.75) is 0 Å². The third kappa shape index (κ3) is 3.74. The standard InChI is InChI=1S/C28H14N2S2/c1-3-7-25-19(5-1)9-11-21(29-25)13-15-23-17-27-28(31-23)18-24(32-27)16-14-22-12-10-20-6-2-4-8-26(20)30-22/h1-12,17-18H. The summed E-state index contributed by atoms with van der Waals surface area (Å²) < 4.78 is 2.42. The van der Waals surface area contributed by atoms with Crippen LogP contribution in [0.5, 0.6) is 0 Å². The smallest absolute Gasteiger partial charge is 0.114 e. The fraction of sp³-hybridized carbons (Fsp3) is 0. The number of rotatable bonds is 0. The van der Waals surface area contributed by atoms with E-state index in [-0.39, 0.29) is 0 Å². The van der Waals surface area contributed by atoms with Crippen molar-refractivity contribution >= 4 is 53.9 Å². The molecule has 0 fully saturated rings. The Hall–Kier alpha value is -3.96. The van der Waals surface area contributed by atoms with E-state index in [0.29, 0.717) is 0 Å². The Bertz CT molecular complexity index is 1590. The molecule has 0 amide bonds. The summed E-state index contributed by atoms with van der Waals surface area (Å²) in [4.78, 5) is 11.3. The molecule has 4 heteroatoms. The van der Waals surface area contributed by atoms with Crippen LogP contribution in [-0.2, 0) is 0 Å². The molecule has 0 bridgehead atoms. The van der Waals surface area contributed by atoms with E-state index < -0.39 is 0 Å². The lowest BCUT2D eigenvalue weighted by Crippen LogP contribution is -1.83. The molecule has 0 spiro atoms. The number of thiophene rings is 2. The molecule has 0 saturated carbocycles. The van der Waals surface area contributed by atoms with Crippen molar-refractivity contribution in [2.24, 2.45) is 0 Å². The van der Waals surface area contributed by atoms with Crippen molar-refractivity contribution in [3.63, 3.8) is 0 Å². The molecule has 0 unspecified atom stereocenters. The second-order valence-electron chi connectivity index (χ2n) is 7.23. The Balaban J connectivity index is 1.25. The van der Waals surface area contributed by atoms with Gasteiger partial charge >= 0.3 is 0 Å². The molecule has 2 aromatic carbocycles. The Morgan fingerprint density at radius 2 is 0.969 bits per heavy atom. The van der Waals surface area contributed by atoms with Crippen LogP contribution >= 0.6 is 22.7 Å². The van der Waals surface area contributed by atoms with E-state index in [2.05, 4.69) is 70.0 Å². The largest absolute Gasteiger partial charge is 0.239 e. The van der Waals surface area contributed by atoms with Crippen molar-refractivity contribution in [1.29, 1.82) is 0 Å². The van der Waals surface area contributed by atoms with Crippen LogP contribution in [-0.4, -0.2) is 9.97 Å². The highest BCUT2D eigenvalue weighted by Gasteiger charge is 2.05. The van der Waals surface area contributed by atoms with Gasteiger partial charge in [0.05, 0.1) is 20.8 Å².